The Kier molecular flexibility index (Phi) is 3.61. The van der Waals surface area contributed by atoms with Gasteiger partial charge in [0.1, 0.15) is 0 Å². The van der Waals surface area contributed by atoms with Crippen LogP contribution in [0.5, 0.6) is 0 Å². The average Bonchev–Trinajstić information content (AvgIpc) is 1.77. The highest BCUT2D eigenvalue weighted by Gasteiger charge is 1.79. The predicted octanol–water partition coefficient (Wildman–Crippen LogP) is 1.12. The van der Waals surface area contributed by atoms with Crippen LogP contribution in [0.25, 0.3) is 0 Å². The van der Waals surface area contributed by atoms with Crippen molar-refractivity contribution in [3.8, 4) is 0 Å². The van der Waals surface area contributed by atoms with Crippen molar-refractivity contribution < 1.29 is 0 Å². The van der Waals surface area contributed by atoms with Gasteiger partial charge in [0, 0.05) is 0 Å². The predicted molar refractivity (Wildman–Crippen MR) is 45.9 cm³/mol. The monoisotopic (exact) mass is 136 g/mol. The molecular weight excluding hydrogens is 123 g/mol. The average molecular weight is 136 g/mol. The lowest BCUT2D eigenvalue weighted by atomic mass is 10.2. The second-order valence-corrected chi connectivity index (χ2v) is 2.15. The number of benzene rings is 1. The van der Waals surface area contributed by atoms with Gasteiger partial charge in [-0.05, 0) is 13.8 Å². The lowest BCUT2D eigenvalue weighted by molar-refractivity contribution is 1.40. The minimum absolute atomic E-state index is 0. The highest BCUT2D eigenvalue weighted by molar-refractivity contribution is 5.75. The van der Waals surface area contributed by atoms with Gasteiger partial charge >= 0.3 is 0 Å². The van der Waals surface area contributed by atoms with Gasteiger partial charge in [-0.25, -0.2) is 0 Å². The summed E-state index contributed by atoms with van der Waals surface area (Å²) in [6.07, 6.45) is 0. The largest absolute Gasteiger partial charge is 0.187 e. The molecule has 1 rings (SSSR count). The van der Waals surface area contributed by atoms with E-state index in [2.05, 4.69) is 38.1 Å². The van der Waals surface area contributed by atoms with E-state index in [0.29, 0.717) is 0 Å². The van der Waals surface area contributed by atoms with E-state index in [1.807, 2.05) is 0 Å². The van der Waals surface area contributed by atoms with Gasteiger partial charge in [-0.1, -0.05) is 35.4 Å². The van der Waals surface area contributed by atoms with Gasteiger partial charge in [0.25, 0.3) is 0 Å². The van der Waals surface area contributed by atoms with Crippen molar-refractivity contribution in [2.75, 3.05) is 0 Å². The van der Waals surface area contributed by atoms with Gasteiger partial charge in [0.2, 0.25) is 0 Å². The summed E-state index contributed by atoms with van der Waals surface area (Å²) in [5.41, 5.74) is 2.66. The molecule has 0 spiro atoms. The maximum atomic E-state index is 2.12. The van der Waals surface area contributed by atoms with Crippen LogP contribution in [0.15, 0.2) is 24.3 Å². The summed E-state index contributed by atoms with van der Waals surface area (Å²) in [6, 6.07) is 8.48. The summed E-state index contributed by atoms with van der Waals surface area (Å²) in [7, 11) is 0. The third kappa shape index (κ3) is 2.70. The fraction of sp³-hybridized carbons (Fsp3) is 0.250. The third-order valence-electron chi connectivity index (χ3n) is 1.22. The second kappa shape index (κ2) is 3.72. The number of hydrogen-bond acceptors (Lipinski definition) is 0. The molecule has 1 heteroatoms. The molecule has 0 bridgehead atoms. The standard InChI is InChI=1S/C8H10.Al.3H/c1-7-3-5-8(2)6-4-7;;;;/h3-6H,1-2H3;;;;. The van der Waals surface area contributed by atoms with Crippen LogP contribution in [-0.2, 0) is 0 Å². The molecule has 1 aromatic rings. The molecule has 48 valence electrons. The van der Waals surface area contributed by atoms with E-state index < -0.39 is 0 Å². The zero-order valence-electron chi connectivity index (χ0n) is 5.31. The van der Waals surface area contributed by atoms with Crippen LogP contribution in [0.4, 0.5) is 0 Å². The zero-order chi connectivity index (χ0) is 5.98. The molecule has 0 aliphatic carbocycles. The Morgan fingerprint density at radius 3 is 1.22 bits per heavy atom. The van der Waals surface area contributed by atoms with Gasteiger partial charge < -0.3 is 0 Å². The fourth-order valence-electron chi connectivity index (χ4n) is 0.637. The van der Waals surface area contributed by atoms with E-state index in [1.165, 1.54) is 11.1 Å². The molecule has 0 saturated carbocycles. The summed E-state index contributed by atoms with van der Waals surface area (Å²) in [5.74, 6) is 0. The SMILES string of the molecule is Cc1ccc(C)cc1.[AlH3]. The summed E-state index contributed by atoms with van der Waals surface area (Å²) >= 11 is 0. The van der Waals surface area contributed by atoms with Gasteiger partial charge in [0.15, 0.2) is 17.4 Å². The number of hydrogen-bond donors (Lipinski definition) is 0. The first-order valence-corrected chi connectivity index (χ1v) is 2.82. The quantitative estimate of drug-likeness (QED) is 0.469. The normalized spacial score (nSPS) is 8.22. The highest BCUT2D eigenvalue weighted by atomic mass is 27.0. The van der Waals surface area contributed by atoms with Crippen molar-refractivity contribution in [2.45, 2.75) is 13.8 Å². The van der Waals surface area contributed by atoms with Crippen molar-refractivity contribution in [2.24, 2.45) is 0 Å². The van der Waals surface area contributed by atoms with E-state index >= 15 is 0 Å². The Morgan fingerprint density at radius 1 is 0.778 bits per heavy atom. The summed E-state index contributed by atoms with van der Waals surface area (Å²) in [4.78, 5) is 0. The second-order valence-electron chi connectivity index (χ2n) is 2.15. The maximum Gasteiger partial charge on any atom is 0.187 e. The first-order chi connectivity index (χ1) is 3.79. The molecule has 0 aromatic heterocycles. The first-order valence-electron chi connectivity index (χ1n) is 2.82. The summed E-state index contributed by atoms with van der Waals surface area (Å²) in [6.45, 7) is 4.19. The highest BCUT2D eigenvalue weighted by Crippen LogP contribution is 1.99. The third-order valence-corrected chi connectivity index (χ3v) is 1.22. The first kappa shape index (κ1) is 8.75. The van der Waals surface area contributed by atoms with Crippen LogP contribution < -0.4 is 0 Å². The van der Waals surface area contributed by atoms with E-state index in [-0.39, 0.29) is 17.4 Å². The topological polar surface area (TPSA) is 0 Å². The van der Waals surface area contributed by atoms with Gasteiger partial charge in [-0.15, -0.1) is 0 Å². The Balaban J connectivity index is 0.000000640. The van der Waals surface area contributed by atoms with Crippen LogP contribution in [-0.4, -0.2) is 17.4 Å². The van der Waals surface area contributed by atoms with E-state index in [0.717, 1.165) is 0 Å². The van der Waals surface area contributed by atoms with Crippen LogP contribution in [0, 0.1) is 13.8 Å². The number of rotatable bonds is 0. The molecule has 0 N–H and O–H groups in total. The molecule has 0 heterocycles. The molecule has 0 amide bonds. The van der Waals surface area contributed by atoms with Crippen LogP contribution in [0.3, 0.4) is 0 Å². The van der Waals surface area contributed by atoms with E-state index in [4.69, 9.17) is 0 Å². The Hall–Kier alpha value is -0.248. The summed E-state index contributed by atoms with van der Waals surface area (Å²) < 4.78 is 0. The van der Waals surface area contributed by atoms with Crippen LogP contribution in [0.2, 0.25) is 0 Å². The summed E-state index contributed by atoms with van der Waals surface area (Å²) in [5, 5.41) is 0. The molecule has 0 atom stereocenters. The Labute approximate surface area is 67.0 Å². The molecular formula is C8H13Al. The van der Waals surface area contributed by atoms with Crippen LogP contribution in [0.1, 0.15) is 11.1 Å². The van der Waals surface area contributed by atoms with Crippen molar-refractivity contribution in [1.82, 2.24) is 0 Å². The molecule has 0 nitrogen and oxygen atoms in total. The molecule has 0 saturated heterocycles. The van der Waals surface area contributed by atoms with Crippen LogP contribution >= 0.6 is 0 Å². The number of aryl methyl sites for hydroxylation is 2. The molecule has 0 aliphatic heterocycles. The molecule has 0 fully saturated rings. The molecule has 9 heavy (non-hydrogen) atoms. The van der Waals surface area contributed by atoms with Gasteiger partial charge in [-0.2, -0.15) is 0 Å². The zero-order valence-corrected chi connectivity index (χ0v) is 5.31. The minimum Gasteiger partial charge on any atom is -0.0591 e. The van der Waals surface area contributed by atoms with Crippen molar-refractivity contribution >= 4 is 17.4 Å². The molecule has 0 aliphatic rings. The van der Waals surface area contributed by atoms with Gasteiger partial charge in [-0.3, -0.25) is 0 Å². The smallest absolute Gasteiger partial charge is 0.0591 e. The van der Waals surface area contributed by atoms with Crippen molar-refractivity contribution in [1.29, 1.82) is 0 Å². The maximum absolute atomic E-state index is 2.12. The lowest BCUT2D eigenvalue weighted by Crippen LogP contribution is -1.70. The van der Waals surface area contributed by atoms with E-state index in [1.54, 1.807) is 0 Å². The minimum atomic E-state index is 0. The Morgan fingerprint density at radius 2 is 1.00 bits per heavy atom. The fourth-order valence-corrected chi connectivity index (χ4v) is 0.637. The lowest BCUT2D eigenvalue weighted by Gasteiger charge is -1.90. The van der Waals surface area contributed by atoms with E-state index in [9.17, 15) is 0 Å². The molecule has 0 unspecified atom stereocenters. The van der Waals surface area contributed by atoms with Crippen molar-refractivity contribution in [3.63, 3.8) is 0 Å². The van der Waals surface area contributed by atoms with Crippen molar-refractivity contribution in [3.05, 3.63) is 35.4 Å². The molecule has 1 aromatic carbocycles. The van der Waals surface area contributed by atoms with Gasteiger partial charge in [0.05, 0.1) is 0 Å². The molecule has 0 radical (unpaired) electrons. The Bertz CT molecular complexity index is 143.